The van der Waals surface area contributed by atoms with Crippen molar-refractivity contribution in [3.8, 4) is 0 Å². The van der Waals surface area contributed by atoms with Crippen LogP contribution in [0.15, 0.2) is 11.6 Å². The van der Waals surface area contributed by atoms with Gasteiger partial charge in [0.1, 0.15) is 0 Å². The fourth-order valence-corrected chi connectivity index (χ4v) is 2.66. The van der Waals surface area contributed by atoms with E-state index in [1.165, 1.54) is 89.0 Å². The van der Waals surface area contributed by atoms with Crippen molar-refractivity contribution in [2.75, 3.05) is 6.61 Å². The van der Waals surface area contributed by atoms with Gasteiger partial charge in [-0.1, -0.05) is 83.3 Å². The van der Waals surface area contributed by atoms with Crippen molar-refractivity contribution < 1.29 is 5.11 Å². The molecule has 20 heavy (non-hydrogen) atoms. The summed E-state index contributed by atoms with van der Waals surface area (Å²) in [7, 11) is 0. The van der Waals surface area contributed by atoms with E-state index >= 15 is 0 Å². The van der Waals surface area contributed by atoms with Gasteiger partial charge in [-0.15, -0.1) is 0 Å². The summed E-state index contributed by atoms with van der Waals surface area (Å²) < 4.78 is 0. The molecule has 0 saturated carbocycles. The molecule has 120 valence electrons. The first-order chi connectivity index (χ1) is 9.85. The third-order valence-corrected chi connectivity index (χ3v) is 4.03. The van der Waals surface area contributed by atoms with E-state index in [4.69, 9.17) is 5.11 Å². The van der Waals surface area contributed by atoms with Crippen LogP contribution in [0.2, 0.25) is 0 Å². The molecule has 1 N–H and O–H groups in total. The third-order valence-electron chi connectivity index (χ3n) is 4.03. The molecule has 0 fully saturated rings. The van der Waals surface area contributed by atoms with E-state index in [-0.39, 0.29) is 0 Å². The highest BCUT2D eigenvalue weighted by atomic mass is 16.2. The maximum atomic E-state index is 9.14. The second-order valence-electron chi connectivity index (χ2n) is 6.06. The van der Waals surface area contributed by atoms with Crippen LogP contribution in [0.1, 0.15) is 104 Å². The molecule has 0 aromatic heterocycles. The molecule has 0 aliphatic rings. The molecule has 0 aliphatic carbocycles. The minimum Gasteiger partial charge on any atom is -0.396 e. The first-order valence-electron chi connectivity index (χ1n) is 9.13. The van der Waals surface area contributed by atoms with Gasteiger partial charge in [0.2, 0.25) is 0 Å². The molecule has 1 nitrogen and oxygen atoms in total. The first kappa shape index (κ1) is 19.7. The van der Waals surface area contributed by atoms with Gasteiger partial charge in [0.15, 0.2) is 0 Å². The lowest BCUT2D eigenvalue weighted by molar-refractivity contribution is 0.297. The summed E-state index contributed by atoms with van der Waals surface area (Å²) in [5, 5.41) is 9.14. The summed E-state index contributed by atoms with van der Waals surface area (Å²) in [6, 6.07) is 0. The lowest BCUT2D eigenvalue weighted by atomic mass is 10.0. The van der Waals surface area contributed by atoms with Crippen LogP contribution in [0.25, 0.3) is 0 Å². The zero-order valence-corrected chi connectivity index (χ0v) is 14.1. The predicted octanol–water partition coefficient (Wildman–Crippen LogP) is 6.41. The zero-order chi connectivity index (χ0) is 14.9. The second-order valence-corrected chi connectivity index (χ2v) is 6.06. The van der Waals surface area contributed by atoms with Crippen molar-refractivity contribution >= 4 is 0 Å². The number of rotatable bonds is 15. The predicted molar refractivity (Wildman–Crippen MR) is 91.2 cm³/mol. The molecule has 0 heterocycles. The normalized spacial score (nSPS) is 12.1. The Hall–Kier alpha value is -0.300. The molecule has 0 saturated heterocycles. The highest BCUT2D eigenvalue weighted by molar-refractivity contribution is 5.01. The largest absolute Gasteiger partial charge is 0.396 e. The van der Waals surface area contributed by atoms with Gasteiger partial charge < -0.3 is 5.11 Å². The van der Waals surface area contributed by atoms with E-state index in [0.717, 1.165) is 6.42 Å². The number of aliphatic hydroxyl groups excluding tert-OH is 1. The van der Waals surface area contributed by atoms with Crippen LogP contribution in [0.5, 0.6) is 0 Å². The average molecular weight is 283 g/mol. The summed E-state index contributed by atoms with van der Waals surface area (Å²) in [5.74, 6) is 0. The standard InChI is InChI=1S/C19H38O/c1-3-5-7-9-11-13-15-19(17-18-20)16-14-12-10-8-6-4-2/h15,20H,3-14,16-18H2,1-2H3. The monoisotopic (exact) mass is 282 g/mol. The molecule has 0 aliphatic heterocycles. The second kappa shape index (κ2) is 16.8. The number of hydrogen-bond acceptors (Lipinski definition) is 1. The lowest BCUT2D eigenvalue weighted by Crippen LogP contribution is -1.91. The molecule has 0 aromatic rings. The van der Waals surface area contributed by atoms with Crippen LogP contribution in [0, 0.1) is 0 Å². The molecule has 0 unspecified atom stereocenters. The number of unbranched alkanes of at least 4 members (excludes halogenated alkanes) is 10. The maximum Gasteiger partial charge on any atom is 0.0468 e. The van der Waals surface area contributed by atoms with Crippen molar-refractivity contribution in [2.24, 2.45) is 0 Å². The van der Waals surface area contributed by atoms with Crippen LogP contribution < -0.4 is 0 Å². The Balaban J connectivity index is 3.62. The summed E-state index contributed by atoms with van der Waals surface area (Å²) in [4.78, 5) is 0. The van der Waals surface area contributed by atoms with Crippen molar-refractivity contribution in [3.05, 3.63) is 11.6 Å². The van der Waals surface area contributed by atoms with Gasteiger partial charge in [-0.25, -0.2) is 0 Å². The number of allylic oxidation sites excluding steroid dienone is 1. The third kappa shape index (κ3) is 14.1. The van der Waals surface area contributed by atoms with E-state index in [9.17, 15) is 0 Å². The van der Waals surface area contributed by atoms with Gasteiger partial charge >= 0.3 is 0 Å². The lowest BCUT2D eigenvalue weighted by Gasteiger charge is -2.06. The summed E-state index contributed by atoms with van der Waals surface area (Å²) in [6.45, 7) is 4.85. The zero-order valence-electron chi connectivity index (χ0n) is 14.1. The van der Waals surface area contributed by atoms with Crippen LogP contribution in [0.4, 0.5) is 0 Å². The molecule has 0 bridgehead atoms. The smallest absolute Gasteiger partial charge is 0.0468 e. The van der Waals surface area contributed by atoms with Crippen molar-refractivity contribution in [2.45, 2.75) is 104 Å². The molecule has 1 heteroatoms. The van der Waals surface area contributed by atoms with Gasteiger partial charge in [-0.05, 0) is 32.1 Å². The van der Waals surface area contributed by atoms with E-state index in [1.54, 1.807) is 0 Å². The van der Waals surface area contributed by atoms with E-state index in [2.05, 4.69) is 19.9 Å². The van der Waals surface area contributed by atoms with Gasteiger partial charge in [0, 0.05) is 6.61 Å². The molecular weight excluding hydrogens is 244 g/mol. The topological polar surface area (TPSA) is 20.2 Å². The molecule has 0 radical (unpaired) electrons. The quantitative estimate of drug-likeness (QED) is 0.272. The summed E-state index contributed by atoms with van der Waals surface area (Å²) >= 11 is 0. The Kier molecular flexibility index (Phi) is 16.5. The van der Waals surface area contributed by atoms with Crippen LogP contribution >= 0.6 is 0 Å². The van der Waals surface area contributed by atoms with Gasteiger partial charge in [-0.2, -0.15) is 0 Å². The Morgan fingerprint density at radius 3 is 1.85 bits per heavy atom. The number of aliphatic hydroxyl groups is 1. The minimum atomic E-state index is 0.317. The minimum absolute atomic E-state index is 0.317. The molecule has 0 amide bonds. The van der Waals surface area contributed by atoms with Crippen LogP contribution in [-0.2, 0) is 0 Å². The van der Waals surface area contributed by atoms with Crippen LogP contribution in [-0.4, -0.2) is 11.7 Å². The fourth-order valence-electron chi connectivity index (χ4n) is 2.66. The van der Waals surface area contributed by atoms with Gasteiger partial charge in [-0.3, -0.25) is 0 Å². The SMILES string of the molecule is CCCCCCCC=C(CCO)CCCCCCCC. The van der Waals surface area contributed by atoms with E-state index in [1.807, 2.05) is 0 Å². The molecule has 0 rings (SSSR count). The first-order valence-corrected chi connectivity index (χ1v) is 9.13. The molecular formula is C19H38O. The van der Waals surface area contributed by atoms with Crippen molar-refractivity contribution in [1.29, 1.82) is 0 Å². The highest BCUT2D eigenvalue weighted by Gasteiger charge is 1.98. The highest BCUT2D eigenvalue weighted by Crippen LogP contribution is 2.16. The molecule has 0 spiro atoms. The van der Waals surface area contributed by atoms with Crippen LogP contribution in [0.3, 0.4) is 0 Å². The van der Waals surface area contributed by atoms with Crippen molar-refractivity contribution in [1.82, 2.24) is 0 Å². The van der Waals surface area contributed by atoms with Gasteiger partial charge in [0.25, 0.3) is 0 Å². The van der Waals surface area contributed by atoms with Gasteiger partial charge in [0.05, 0.1) is 0 Å². The summed E-state index contributed by atoms with van der Waals surface area (Å²) in [6.07, 6.45) is 20.7. The van der Waals surface area contributed by atoms with E-state index in [0.29, 0.717) is 6.61 Å². The Labute approximate surface area is 127 Å². The summed E-state index contributed by atoms with van der Waals surface area (Å²) in [5.41, 5.74) is 1.50. The maximum absolute atomic E-state index is 9.14. The number of hydrogen-bond donors (Lipinski definition) is 1. The Bertz CT molecular complexity index is 208. The Morgan fingerprint density at radius 2 is 1.25 bits per heavy atom. The van der Waals surface area contributed by atoms with Crippen molar-refractivity contribution in [3.63, 3.8) is 0 Å². The Morgan fingerprint density at radius 1 is 0.700 bits per heavy atom. The molecule has 0 aromatic carbocycles. The fraction of sp³-hybridized carbons (Fsp3) is 0.895. The van der Waals surface area contributed by atoms with E-state index < -0.39 is 0 Å². The average Bonchev–Trinajstić information content (AvgIpc) is 2.46. The molecule has 0 atom stereocenters.